The molecule has 0 amide bonds. The number of aromatic nitrogens is 1. The molecular formula is C31H16BF5N2O2+. The van der Waals surface area contributed by atoms with Crippen molar-refractivity contribution in [3.8, 4) is 22.6 Å². The number of rotatable bonds is 5. The highest BCUT2D eigenvalue weighted by atomic mass is 19.2. The maximum Gasteiger partial charge on any atom is 0.792 e. The topological polar surface area (TPSA) is 34.2 Å². The lowest BCUT2D eigenvalue weighted by Gasteiger charge is -2.09. The lowest BCUT2D eigenvalue weighted by molar-refractivity contribution is 0.384. The van der Waals surface area contributed by atoms with Crippen LogP contribution in [0.1, 0.15) is 11.3 Å². The van der Waals surface area contributed by atoms with Crippen molar-refractivity contribution >= 4 is 30.4 Å². The molecule has 1 aliphatic rings. The molecule has 6 aromatic rings. The van der Waals surface area contributed by atoms with Crippen molar-refractivity contribution in [1.29, 1.82) is 0 Å². The fourth-order valence-electron chi connectivity index (χ4n) is 5.08. The molecule has 3 aromatic heterocycles. The van der Waals surface area contributed by atoms with Crippen LogP contribution < -0.4 is 15.3 Å². The predicted octanol–water partition coefficient (Wildman–Crippen LogP) is 6.56. The average molecular weight is 554 g/mol. The van der Waals surface area contributed by atoms with Gasteiger partial charge in [-0.25, -0.2) is 22.0 Å². The molecule has 3 aromatic carbocycles. The second kappa shape index (κ2) is 9.51. The van der Waals surface area contributed by atoms with Crippen LogP contribution in [0, 0.1) is 17.5 Å². The van der Waals surface area contributed by atoms with E-state index in [0.717, 1.165) is 4.49 Å². The quantitative estimate of drug-likeness (QED) is 0.179. The van der Waals surface area contributed by atoms with Crippen LogP contribution in [0.5, 0.6) is 0 Å². The summed E-state index contributed by atoms with van der Waals surface area (Å²) in [5, 5.41) is 0.296. The first-order valence-electron chi connectivity index (χ1n) is 12.4. The van der Waals surface area contributed by atoms with E-state index in [0.29, 0.717) is 34.7 Å². The molecule has 0 fully saturated rings. The molecule has 1 radical (unpaired) electrons. The van der Waals surface area contributed by atoms with E-state index in [9.17, 15) is 17.5 Å². The highest BCUT2D eigenvalue weighted by Crippen LogP contribution is 2.37. The Morgan fingerprint density at radius 1 is 0.732 bits per heavy atom. The van der Waals surface area contributed by atoms with E-state index in [1.807, 2.05) is 0 Å². The fourth-order valence-corrected chi connectivity index (χ4v) is 5.08. The summed E-state index contributed by atoms with van der Waals surface area (Å²) in [4.78, 5) is 0.359. The van der Waals surface area contributed by atoms with Gasteiger partial charge in [0.25, 0.3) is 0 Å². The Morgan fingerprint density at radius 3 is 1.98 bits per heavy atom. The van der Waals surface area contributed by atoms with Gasteiger partial charge in [0.15, 0.2) is 11.3 Å². The van der Waals surface area contributed by atoms with Crippen molar-refractivity contribution in [2.24, 2.45) is 0 Å². The summed E-state index contributed by atoms with van der Waals surface area (Å²) in [6.07, 6.45) is 1.50. The minimum absolute atomic E-state index is 0.0382. The number of halogens is 5. The third-order valence-electron chi connectivity index (χ3n) is 6.90. The molecule has 1 aliphatic heterocycles. The van der Waals surface area contributed by atoms with Crippen LogP contribution in [-0.2, 0) is 0 Å². The summed E-state index contributed by atoms with van der Waals surface area (Å²) in [6.45, 7) is 0. The highest BCUT2D eigenvalue weighted by molar-refractivity contribution is 6.25. The van der Waals surface area contributed by atoms with Gasteiger partial charge in [0.05, 0.1) is 23.4 Å². The Labute approximate surface area is 229 Å². The molecule has 0 atom stereocenters. The molecule has 199 valence electrons. The van der Waals surface area contributed by atoms with Crippen LogP contribution in [0.3, 0.4) is 0 Å². The third kappa shape index (κ3) is 4.19. The zero-order valence-corrected chi connectivity index (χ0v) is 20.9. The molecule has 0 bridgehead atoms. The summed E-state index contributed by atoms with van der Waals surface area (Å²) in [7, 11) is 0.291. The van der Waals surface area contributed by atoms with Gasteiger partial charge in [0.2, 0.25) is 10.8 Å². The monoisotopic (exact) mass is 554 g/mol. The van der Waals surface area contributed by atoms with Gasteiger partial charge in [0.1, 0.15) is 34.5 Å². The van der Waals surface area contributed by atoms with Gasteiger partial charge in [-0.1, -0.05) is 40.9 Å². The number of furan rings is 2. The van der Waals surface area contributed by atoms with Crippen molar-refractivity contribution in [3.05, 3.63) is 136 Å². The van der Waals surface area contributed by atoms with Crippen LogP contribution >= 0.6 is 0 Å². The number of hydrogen-bond acceptors (Lipinski definition) is 2. The van der Waals surface area contributed by atoms with E-state index in [2.05, 4.69) is 0 Å². The van der Waals surface area contributed by atoms with Gasteiger partial charge in [0, 0.05) is 23.3 Å². The maximum atomic E-state index is 16.0. The van der Waals surface area contributed by atoms with Gasteiger partial charge in [-0.2, -0.15) is 4.79 Å². The number of fused-ring (bicyclic) bond motifs is 2. The molecule has 41 heavy (non-hydrogen) atoms. The van der Waals surface area contributed by atoms with Gasteiger partial charge in [-0.15, -0.1) is 0 Å². The molecule has 0 N–H and O–H groups in total. The molecule has 0 aliphatic carbocycles. The predicted molar refractivity (Wildman–Crippen MR) is 144 cm³/mol. The van der Waals surface area contributed by atoms with E-state index in [4.69, 9.17) is 8.83 Å². The van der Waals surface area contributed by atoms with Crippen molar-refractivity contribution in [3.63, 3.8) is 0 Å². The number of benzene rings is 3. The largest absolute Gasteiger partial charge is 0.792 e. The fraction of sp³-hybridized carbons (Fsp3) is 0. The molecule has 10 heteroatoms. The number of nitrogens with zero attached hydrogens (tertiary/aromatic N) is 2. The van der Waals surface area contributed by atoms with E-state index < -0.39 is 17.5 Å². The van der Waals surface area contributed by atoms with Crippen LogP contribution in [0.4, 0.5) is 22.0 Å². The molecule has 0 unspecified atom stereocenters. The normalized spacial score (nSPS) is 13.9. The average Bonchev–Trinajstić information content (AvgIpc) is 3.70. The molecule has 0 saturated carbocycles. The summed E-state index contributed by atoms with van der Waals surface area (Å²) in [6, 6.07) is 21.3. The summed E-state index contributed by atoms with van der Waals surface area (Å²) < 4.78 is 85.3. The Bertz CT molecular complexity index is 2160. The first-order valence-corrected chi connectivity index (χ1v) is 12.4. The lowest BCUT2D eigenvalue weighted by atomic mass is 9.99. The Kier molecular flexibility index (Phi) is 5.78. The summed E-state index contributed by atoms with van der Waals surface area (Å²) >= 11 is 0. The van der Waals surface area contributed by atoms with E-state index in [1.165, 1.54) is 72.8 Å². The van der Waals surface area contributed by atoms with Crippen LogP contribution in [0.15, 0.2) is 106 Å². The van der Waals surface area contributed by atoms with Gasteiger partial charge in [-0.3, -0.25) is 0 Å². The summed E-state index contributed by atoms with van der Waals surface area (Å²) in [5.41, 5.74) is 1.87. The Hall–Kier alpha value is -5.12. The zero-order valence-electron chi connectivity index (χ0n) is 20.9. The van der Waals surface area contributed by atoms with Gasteiger partial charge < -0.3 is 8.83 Å². The first-order chi connectivity index (χ1) is 19.9. The van der Waals surface area contributed by atoms with Crippen molar-refractivity contribution in [2.75, 3.05) is 0 Å². The zero-order chi connectivity index (χ0) is 28.2. The van der Waals surface area contributed by atoms with Crippen LogP contribution in [0.2, 0.25) is 0 Å². The van der Waals surface area contributed by atoms with Crippen LogP contribution in [-0.4, -0.2) is 12.5 Å². The Morgan fingerprint density at radius 2 is 1.37 bits per heavy atom. The smallest absolute Gasteiger partial charge is 0.454 e. The highest BCUT2D eigenvalue weighted by Gasteiger charge is 2.33. The third-order valence-corrected chi connectivity index (χ3v) is 6.90. The standard InChI is InChI=1S/C31H16BF5N2O2/c33-20-7-1-4-17(10-20)27-13-23-29(40-27)15-25(38(23)32-36)31(19-6-3-9-22(35)12-19)26-16-30-24(39(26)37)14-28(41-30)18-5-2-8-21(34)11-18/h1-16H/q+1. The molecule has 0 saturated heterocycles. The van der Waals surface area contributed by atoms with Crippen LogP contribution in [0.25, 0.3) is 45.4 Å². The molecule has 4 heterocycles. The first kappa shape index (κ1) is 24.9. The lowest BCUT2D eigenvalue weighted by Crippen LogP contribution is -2.32. The minimum Gasteiger partial charge on any atom is -0.454 e. The molecule has 0 spiro atoms. The SMILES string of the molecule is F[B][N+]1=c2cc(-c3cccc(F)c3)oc2=CC1=C(c1cccc(F)c1)c1cc2oc(-c3cccc(F)c3)cc2n1F. The van der Waals surface area contributed by atoms with Crippen molar-refractivity contribution in [2.45, 2.75) is 0 Å². The summed E-state index contributed by atoms with van der Waals surface area (Å²) in [5.74, 6) is -0.946. The number of hydrogen-bond donors (Lipinski definition) is 0. The van der Waals surface area contributed by atoms with Crippen molar-refractivity contribution < 1.29 is 30.8 Å². The minimum atomic E-state index is -0.576. The Balaban J connectivity index is 1.43. The van der Waals surface area contributed by atoms with E-state index in [1.54, 1.807) is 24.3 Å². The van der Waals surface area contributed by atoms with E-state index in [-0.39, 0.29) is 44.8 Å². The molecule has 4 nitrogen and oxygen atoms in total. The van der Waals surface area contributed by atoms with Gasteiger partial charge >= 0.3 is 7.69 Å². The maximum absolute atomic E-state index is 16.0. The van der Waals surface area contributed by atoms with Crippen molar-refractivity contribution in [1.82, 2.24) is 9.28 Å². The second-order valence-electron chi connectivity index (χ2n) is 9.43. The second-order valence-corrected chi connectivity index (χ2v) is 9.43. The van der Waals surface area contributed by atoms with E-state index >= 15 is 4.48 Å². The number of allylic oxidation sites excluding steroid dienone is 1. The van der Waals surface area contributed by atoms with Gasteiger partial charge in [-0.05, 0) is 42.0 Å². The molecular weight excluding hydrogens is 538 g/mol. The molecule has 7 rings (SSSR count).